The second-order valence-corrected chi connectivity index (χ2v) is 43.7. The van der Waals surface area contributed by atoms with Crippen LogP contribution in [0, 0.1) is 31.9 Å². The summed E-state index contributed by atoms with van der Waals surface area (Å²) in [5, 5.41) is 5.56. The van der Waals surface area contributed by atoms with Gasteiger partial charge >= 0.3 is 24.8 Å². The summed E-state index contributed by atoms with van der Waals surface area (Å²) in [6.45, 7) is 23.1. The van der Waals surface area contributed by atoms with Gasteiger partial charge in [0.1, 0.15) is 43.8 Å². The molecule has 764 valence electrons. The van der Waals surface area contributed by atoms with Crippen molar-refractivity contribution in [2.75, 3.05) is 70.0 Å². The number of aromatic nitrogens is 8. The van der Waals surface area contributed by atoms with E-state index in [0.29, 0.717) is 55.5 Å². The number of H-pyrrole nitrogens is 2. The van der Waals surface area contributed by atoms with Gasteiger partial charge in [0.05, 0.1) is 63.8 Å². The van der Waals surface area contributed by atoms with E-state index in [4.69, 9.17) is 92.3 Å². The largest absolute Gasteiger partial charge is 0.490 e. The minimum atomic E-state index is -3.98. The van der Waals surface area contributed by atoms with Gasteiger partial charge in [-0.15, -0.1) is 0 Å². The lowest BCUT2D eigenvalue weighted by Crippen LogP contribution is -2.33. The molecule has 34 heteroatoms. The molecule has 4 N–H and O–H groups in total. The van der Waals surface area contributed by atoms with Crippen LogP contribution in [-0.4, -0.2) is 140 Å². The van der Waals surface area contributed by atoms with Crippen LogP contribution in [0.2, 0.25) is 0 Å². The lowest BCUT2D eigenvalue weighted by Gasteiger charge is -2.30. The molecule has 2 amide bonds. The first-order valence-electron chi connectivity index (χ1n) is 52.5. The number of nitrogens with one attached hydrogen (secondary N) is 4. The summed E-state index contributed by atoms with van der Waals surface area (Å²) < 4.78 is 83.1. The molecule has 136 heavy (non-hydrogen) atoms. The van der Waals surface area contributed by atoms with Crippen LogP contribution in [0.5, 0.6) is 17.2 Å². The van der Waals surface area contributed by atoms with Crippen LogP contribution in [0.25, 0.3) is 20.9 Å². The fourth-order valence-corrected chi connectivity index (χ4v) is 21.9. The van der Waals surface area contributed by atoms with Crippen molar-refractivity contribution in [2.24, 2.45) is 11.8 Å². The van der Waals surface area contributed by atoms with E-state index < -0.39 is 109 Å². The second-order valence-electron chi connectivity index (χ2n) is 37.8. The van der Waals surface area contributed by atoms with E-state index in [9.17, 15) is 28.8 Å². The lowest BCUT2D eigenvalue weighted by molar-refractivity contribution is -0.119. The Labute approximate surface area is 820 Å². The third-order valence-corrected chi connectivity index (χ3v) is 30.7. The zero-order valence-electron chi connectivity index (χ0n) is 83.5. The van der Waals surface area contributed by atoms with Gasteiger partial charge in [0.2, 0.25) is 30.7 Å². The molecule has 0 aliphatic carbocycles. The number of aromatic amines is 2. The first kappa shape index (κ1) is 115. The van der Waals surface area contributed by atoms with Gasteiger partial charge in [-0.3, -0.25) is 48.2 Å². The third kappa shape index (κ3) is 41.9. The Morgan fingerprint density at radius 1 is 0.500 bits per heavy atom. The quantitative estimate of drug-likeness (QED) is 0.0160. The molecule has 11 unspecified atom stereocenters. The molecule has 7 heterocycles. The third-order valence-electron chi connectivity index (χ3n) is 25.9. The molecule has 0 spiro atoms. The number of carbonyl (C=O) groups is 2. The van der Waals surface area contributed by atoms with E-state index in [0.717, 1.165) is 57.8 Å². The zero-order valence-corrected chi connectivity index (χ0v) is 86.9. The number of imidazole rings is 1. The maximum Gasteiger partial charge on any atom is 0.351 e. The molecule has 3 aliphatic heterocycles. The van der Waals surface area contributed by atoms with Crippen molar-refractivity contribution >= 4 is 71.8 Å². The highest BCUT2D eigenvalue weighted by atomic mass is 32.5. The Morgan fingerprint density at radius 3 is 1.34 bits per heavy atom. The average molecular weight is 1970 g/mol. The van der Waals surface area contributed by atoms with Crippen molar-refractivity contribution in [1.82, 2.24) is 38.6 Å². The second kappa shape index (κ2) is 66.2. The summed E-state index contributed by atoms with van der Waals surface area (Å²) >= 11 is 12.4. The number of unbranched alkanes of at least 4 members (excludes halogenated alkanes) is 45. The van der Waals surface area contributed by atoms with Gasteiger partial charge in [-0.25, -0.2) is 27.7 Å². The molecule has 0 bridgehead atoms. The summed E-state index contributed by atoms with van der Waals surface area (Å²) in [5.41, 5.74) is -1.99. The monoisotopic (exact) mass is 1970 g/mol. The molecule has 8 rings (SSSR count). The van der Waals surface area contributed by atoms with E-state index in [2.05, 4.69) is 66.0 Å². The number of anilines is 2. The van der Waals surface area contributed by atoms with Gasteiger partial charge in [-0.1, -0.05) is 337 Å². The number of hydrogen-bond donors (Lipinski definition) is 4. The molecule has 5 aromatic rings. The van der Waals surface area contributed by atoms with Crippen LogP contribution >= 0.6 is 13.4 Å². The Morgan fingerprint density at radius 2 is 0.904 bits per heavy atom. The molecule has 30 nitrogen and oxygen atoms in total. The van der Waals surface area contributed by atoms with Crippen LogP contribution in [-0.2, 0) is 69.8 Å². The van der Waals surface area contributed by atoms with Crippen LogP contribution in [0.15, 0.2) is 56.1 Å². The van der Waals surface area contributed by atoms with Crippen LogP contribution in [0.1, 0.15) is 417 Å². The summed E-state index contributed by atoms with van der Waals surface area (Å²) in [7, 11) is 0. The van der Waals surface area contributed by atoms with Crippen LogP contribution in [0.3, 0.4) is 0 Å². The minimum absolute atomic E-state index is 0.0231. The SMILES string of the molecule is [C-]#[N+]CCOP(=S)(OCC1OC(n2cnc3c(=O)[nH]c(NC(=O)C(C)C)nc32)CC1OP(=S)(OCC[N+]#[C-])OCC1OC(n2ccc(NC(=O)c3cc(OCCCCCCCCCCCCCCCCCC)c(OCCCCCCCCCCCCCCCCCC)c(OCCCCCCCCCCCCCCCCCC)c3)nc2=O)CC1C)OC1CC(n2cc(C)c(=O)[nH]c2=O)OC1CC. The highest BCUT2D eigenvalue weighted by Gasteiger charge is 2.46. The van der Waals surface area contributed by atoms with E-state index >= 15 is 0 Å². The summed E-state index contributed by atoms with van der Waals surface area (Å²) in [6, 6.07) is 5.01. The summed E-state index contributed by atoms with van der Waals surface area (Å²) in [5.74, 6) is -0.349. The number of ether oxygens (including phenoxy) is 6. The smallest absolute Gasteiger partial charge is 0.351 e. The first-order chi connectivity index (χ1) is 66.1. The van der Waals surface area contributed by atoms with Gasteiger partial charge in [0.15, 0.2) is 22.7 Å². The molecule has 4 aromatic heterocycles. The molecular weight excluding hydrogens is 1810 g/mol. The Bertz CT molecular complexity index is 4630. The van der Waals surface area contributed by atoms with Crippen molar-refractivity contribution < 1.29 is 65.2 Å². The van der Waals surface area contributed by atoms with Crippen molar-refractivity contribution in [3.63, 3.8) is 0 Å². The van der Waals surface area contributed by atoms with Gasteiger partial charge < -0.3 is 70.6 Å². The number of rotatable bonds is 78. The van der Waals surface area contributed by atoms with Crippen molar-refractivity contribution in [3.05, 3.63) is 113 Å². The molecule has 3 fully saturated rings. The summed E-state index contributed by atoms with van der Waals surface area (Å²) in [4.78, 5) is 106. The van der Waals surface area contributed by atoms with E-state index in [1.807, 2.05) is 13.8 Å². The number of hydrogen-bond acceptors (Lipinski definition) is 23. The van der Waals surface area contributed by atoms with Gasteiger partial charge in [-0.05, 0) is 86.8 Å². The fourth-order valence-electron chi connectivity index (χ4n) is 17.7. The topological polar surface area (TPSA) is 331 Å². The standard InChI is InChI=1S/C102H166N12O18P2S2/c1-11-15-18-21-24-27-30-33-36-39-42-45-48-51-54-57-64-121-85-70-81(71-86(122-65-58-55-52-49-46-43-40-37-34-31-28-25-22-19-16-12-2)94(85)123-66-59-56-53-50-47-44-41-38-35-32-29-26-23-20-17-13-3)98(117)106-89-60-63-112(101(119)107-89)90-69-79(7)87(129-90)75-126-133(135,124-67-61-103-9)132-84-73-92(114-77-105-93-95(114)108-100(110-99(93)118)109-96(115)78(5)6)130-88(84)76-127-134(136,125-68-62-104-10)131-83-72-91(128-82(83)14-4)113-74-80(8)97(116)111-102(113)120/h60,63,70-71,74,77-79,82-84,87-88,90-92H,11-59,61-62,64-69,72-73,75-76H2,1-8H3,(H,111,116,120)(H,106,107,117,119)(H2,108,109,110,115,118). The predicted molar refractivity (Wildman–Crippen MR) is 546 cm³/mol. The van der Waals surface area contributed by atoms with Gasteiger partial charge in [0, 0.05) is 42.3 Å². The first-order valence-corrected chi connectivity index (χ1v) is 57.6. The number of fused-ring (bicyclic) bond motifs is 1. The van der Waals surface area contributed by atoms with Crippen LogP contribution in [0.4, 0.5) is 11.8 Å². The number of nitrogens with zero attached hydrogens (tertiary/aromatic N) is 8. The molecule has 0 radical (unpaired) electrons. The van der Waals surface area contributed by atoms with Gasteiger partial charge in [0.25, 0.3) is 17.0 Å². The van der Waals surface area contributed by atoms with E-state index in [1.165, 1.54) is 283 Å². The Hall–Kier alpha value is -6.61. The van der Waals surface area contributed by atoms with Crippen molar-refractivity contribution in [3.8, 4) is 17.2 Å². The average Bonchev–Trinajstić information content (AvgIpc) is 1.60. The Kier molecular flexibility index (Phi) is 55.8. The molecule has 3 saturated heterocycles. The summed E-state index contributed by atoms with van der Waals surface area (Å²) in [6.07, 6.45) is 58.6. The van der Waals surface area contributed by atoms with Crippen LogP contribution < -0.4 is 47.3 Å². The van der Waals surface area contributed by atoms with Crippen molar-refractivity contribution in [2.45, 2.75) is 438 Å². The van der Waals surface area contributed by atoms with Crippen molar-refractivity contribution in [1.29, 1.82) is 0 Å². The molecule has 1 aromatic carbocycles. The van der Waals surface area contributed by atoms with Gasteiger partial charge in [-0.2, -0.15) is 9.97 Å². The molecular formula is C102H166N12O18P2S2. The predicted octanol–water partition coefficient (Wildman–Crippen LogP) is 25.0. The number of benzene rings is 1. The number of aryl methyl sites for hydroxylation is 1. The fraction of sp³-hybridized carbons (Fsp3) is 0.775. The minimum Gasteiger partial charge on any atom is -0.490 e. The normalized spacial score (nSPS) is 19.2. The lowest BCUT2D eigenvalue weighted by atomic mass is 10.0. The Balaban J connectivity index is 0.956. The maximum atomic E-state index is 14.8. The highest BCUT2D eigenvalue weighted by molar-refractivity contribution is 8.07. The van der Waals surface area contributed by atoms with E-state index in [-0.39, 0.29) is 80.2 Å². The molecule has 11 atom stereocenters. The molecule has 3 aliphatic rings. The van der Waals surface area contributed by atoms with E-state index in [1.54, 1.807) is 39.0 Å². The number of amides is 2. The maximum absolute atomic E-state index is 14.8. The zero-order chi connectivity index (χ0) is 97.4. The highest BCUT2D eigenvalue weighted by Crippen LogP contribution is 2.57. The molecule has 0 saturated carbocycles. The number of carbonyl (C=O) groups excluding carboxylic acids is 2.